The van der Waals surface area contributed by atoms with Crippen molar-refractivity contribution in [3.63, 3.8) is 0 Å². The van der Waals surface area contributed by atoms with E-state index in [0.717, 1.165) is 5.56 Å². The summed E-state index contributed by atoms with van der Waals surface area (Å²) in [6.45, 7) is 17.8. The molecule has 6 N–H and O–H groups in total. The number of methoxy groups -OCH3 is 3. The van der Waals surface area contributed by atoms with E-state index in [-0.39, 0.29) is 43.9 Å². The van der Waals surface area contributed by atoms with Gasteiger partial charge in [0.2, 0.25) is 0 Å². The molecule has 0 aromatic heterocycles. The standard InChI is InChI=1S/C58H91N5O17/c1-17-44-58(10,70)50(79-54(67)59-31-40-21-19-18-20-22-40)37(6)63(13)32-33(2)29-56(8,69)49(78-53-47(65)41(62(11)12)27-34(3)74-53)35(4)48(36(5)52(66)76-44)77-46-30-57(9,73-16)51(38(7)75-46)80-55(68)61-60-45(64)26-24-39-23-25-42(71-14)43(28-39)72-15/h18-26,28,33-38,41,44,46-51,53,65,69-70H,17,27,29-32H2,1-16H3,(H,59,67)(H,60,64)(H,61,68)/b26-24+/t33-,34-,35-,36-,37-,38+,41+,44+,46+,47-,48+,49-,50-,51+,53+,56-,57-,58-/m0/s1. The second kappa shape index (κ2) is 28.7. The summed E-state index contributed by atoms with van der Waals surface area (Å²) in [4.78, 5) is 58.6. The van der Waals surface area contributed by atoms with Crippen LogP contribution in [0.25, 0.3) is 6.08 Å². The number of amides is 3. The fraction of sp³-hybridized carbons (Fsp3) is 0.690. The first kappa shape index (κ1) is 65.7. The number of carbonyl (C=O) groups is 4. The van der Waals surface area contributed by atoms with Gasteiger partial charge in [-0.15, -0.1) is 0 Å². The SMILES string of the molecule is CC[C@H]1OC(=O)[C@@H](C)[C@H](O[C@@H]2C[C@](C)(OC)[C@H](OC(=O)NNC(=O)/C=C/c3ccc(OC)c(OC)c3)[C@@H](C)O2)[C@H](C)[C@H](O[C@H]2O[C@@H](C)C[C@@H](N(C)C)[C@@H]2O)[C@@](C)(O)C[C@H](C)CN(C)[C@@H](C)[C@H](OC(=O)NCc2ccccc2)[C@@]1(C)O. The summed E-state index contributed by atoms with van der Waals surface area (Å²) in [6, 6.07) is 13.4. The van der Waals surface area contributed by atoms with Gasteiger partial charge in [0, 0.05) is 50.7 Å². The average Bonchev–Trinajstić information content (AvgIpc) is 3.43. The van der Waals surface area contributed by atoms with E-state index in [9.17, 15) is 34.5 Å². The van der Waals surface area contributed by atoms with Gasteiger partial charge in [-0.3, -0.25) is 19.9 Å². The quantitative estimate of drug-likeness (QED) is 0.0570. The molecule has 18 atom stereocenters. The number of likely N-dealkylation sites (N-methyl/N-ethyl adjacent to an activating group) is 2. The van der Waals surface area contributed by atoms with Crippen molar-refractivity contribution in [2.75, 3.05) is 49.0 Å². The summed E-state index contributed by atoms with van der Waals surface area (Å²) in [5.74, 6) is -2.85. The molecule has 2 aromatic rings. The van der Waals surface area contributed by atoms with Crippen molar-refractivity contribution in [1.82, 2.24) is 26.0 Å². The maximum Gasteiger partial charge on any atom is 0.426 e. The number of nitrogens with one attached hydrogen (secondary N) is 3. The number of hydrazine groups is 1. The van der Waals surface area contributed by atoms with Gasteiger partial charge < -0.3 is 72.9 Å². The van der Waals surface area contributed by atoms with Crippen LogP contribution in [0.2, 0.25) is 0 Å². The highest BCUT2D eigenvalue weighted by Crippen LogP contribution is 2.41. The van der Waals surface area contributed by atoms with Crippen LogP contribution in [-0.4, -0.2) is 188 Å². The number of ether oxygens (including phenoxy) is 10. The summed E-state index contributed by atoms with van der Waals surface area (Å²) in [5, 5.41) is 40.3. The van der Waals surface area contributed by atoms with E-state index in [4.69, 9.17) is 47.4 Å². The lowest BCUT2D eigenvalue weighted by atomic mass is 9.77. The Balaban J connectivity index is 1.47. The van der Waals surface area contributed by atoms with Gasteiger partial charge in [0.1, 0.15) is 23.4 Å². The molecule has 3 amide bonds. The summed E-state index contributed by atoms with van der Waals surface area (Å²) in [7, 11) is 9.99. The minimum absolute atomic E-state index is 0.0650. The average molecular weight is 1130 g/mol. The fourth-order valence-electron chi connectivity index (χ4n) is 11.5. The summed E-state index contributed by atoms with van der Waals surface area (Å²) in [6.07, 6.45) is -9.12. The van der Waals surface area contributed by atoms with Crippen molar-refractivity contribution in [2.24, 2.45) is 17.8 Å². The van der Waals surface area contributed by atoms with Crippen LogP contribution >= 0.6 is 0 Å². The number of hydrogen-bond donors (Lipinski definition) is 6. The largest absolute Gasteiger partial charge is 0.493 e. The smallest absolute Gasteiger partial charge is 0.426 e. The number of hydrogen-bond acceptors (Lipinski definition) is 19. The molecule has 3 fully saturated rings. The molecular weight excluding hydrogens is 1040 g/mol. The third-order valence-electron chi connectivity index (χ3n) is 16.0. The van der Waals surface area contributed by atoms with Gasteiger partial charge in [-0.1, -0.05) is 57.2 Å². The molecule has 0 unspecified atom stereocenters. The first-order valence-corrected chi connectivity index (χ1v) is 27.6. The van der Waals surface area contributed by atoms with Crippen molar-refractivity contribution >= 4 is 30.1 Å². The molecule has 22 heteroatoms. The van der Waals surface area contributed by atoms with Crippen LogP contribution in [-0.2, 0) is 54.0 Å². The van der Waals surface area contributed by atoms with Crippen molar-refractivity contribution < 1.29 is 81.9 Å². The number of benzene rings is 2. The molecule has 450 valence electrons. The van der Waals surface area contributed by atoms with Crippen LogP contribution < -0.4 is 25.6 Å². The number of aliphatic hydroxyl groups is 3. The molecule has 80 heavy (non-hydrogen) atoms. The predicted molar refractivity (Wildman–Crippen MR) is 296 cm³/mol. The van der Waals surface area contributed by atoms with E-state index in [0.29, 0.717) is 30.0 Å². The second-order valence-electron chi connectivity index (χ2n) is 22.8. The van der Waals surface area contributed by atoms with Crippen molar-refractivity contribution in [1.29, 1.82) is 0 Å². The molecule has 5 rings (SSSR count). The number of alkyl carbamates (subject to hydrolysis) is 1. The molecule has 0 saturated carbocycles. The Bertz CT molecular complexity index is 2360. The van der Waals surface area contributed by atoms with Crippen LogP contribution in [0.15, 0.2) is 54.6 Å². The Hall–Kier alpha value is -5.14. The zero-order chi connectivity index (χ0) is 59.4. The van der Waals surface area contributed by atoms with Crippen molar-refractivity contribution in [3.05, 3.63) is 65.7 Å². The van der Waals surface area contributed by atoms with Crippen molar-refractivity contribution in [2.45, 2.75) is 192 Å². The van der Waals surface area contributed by atoms with E-state index < -0.39 is 114 Å². The molecule has 3 heterocycles. The molecule has 0 spiro atoms. The van der Waals surface area contributed by atoms with Crippen LogP contribution in [0.1, 0.15) is 106 Å². The van der Waals surface area contributed by atoms with Gasteiger partial charge >= 0.3 is 18.2 Å². The lowest BCUT2D eigenvalue weighted by Crippen LogP contribution is -2.61. The number of esters is 1. The highest BCUT2D eigenvalue weighted by molar-refractivity contribution is 5.92. The second-order valence-corrected chi connectivity index (χ2v) is 22.8. The Morgan fingerprint density at radius 3 is 2.14 bits per heavy atom. The fourth-order valence-corrected chi connectivity index (χ4v) is 11.5. The van der Waals surface area contributed by atoms with Gasteiger partial charge in [0.05, 0.1) is 50.2 Å². The number of rotatable bonds is 15. The minimum Gasteiger partial charge on any atom is -0.493 e. The van der Waals surface area contributed by atoms with Crippen LogP contribution in [0, 0.1) is 17.8 Å². The molecule has 22 nitrogen and oxygen atoms in total. The normalized spacial score (nSPS) is 36.0. The van der Waals surface area contributed by atoms with E-state index >= 15 is 0 Å². The maximum atomic E-state index is 15.0. The van der Waals surface area contributed by atoms with Gasteiger partial charge in [0.15, 0.2) is 36.3 Å². The number of cyclic esters (lactones) is 1. The predicted octanol–water partition coefficient (Wildman–Crippen LogP) is 5.33. The molecule has 3 saturated heterocycles. The Morgan fingerprint density at radius 2 is 1.51 bits per heavy atom. The molecule has 3 aliphatic heterocycles. The van der Waals surface area contributed by atoms with E-state index in [1.807, 2.05) is 82.0 Å². The first-order valence-electron chi connectivity index (χ1n) is 27.6. The molecular formula is C58H91N5O17. The van der Waals surface area contributed by atoms with E-state index in [2.05, 4.69) is 16.2 Å². The molecule has 0 radical (unpaired) electrons. The maximum absolute atomic E-state index is 15.0. The Morgan fingerprint density at radius 1 is 0.850 bits per heavy atom. The lowest BCUT2D eigenvalue weighted by molar-refractivity contribution is -0.317. The first-order chi connectivity index (χ1) is 37.6. The zero-order valence-electron chi connectivity index (χ0n) is 49.6. The topological polar surface area (TPSA) is 264 Å². The third-order valence-corrected chi connectivity index (χ3v) is 16.0. The van der Waals surface area contributed by atoms with Gasteiger partial charge in [0.25, 0.3) is 5.91 Å². The van der Waals surface area contributed by atoms with Gasteiger partial charge in [-0.05, 0) is 124 Å². The minimum atomic E-state index is -1.96. The third kappa shape index (κ3) is 16.8. The number of carbonyl (C=O) groups excluding carboxylic acids is 4. The Kier molecular flexibility index (Phi) is 23.6. The highest BCUT2D eigenvalue weighted by Gasteiger charge is 2.54. The molecule has 0 aliphatic carbocycles. The van der Waals surface area contributed by atoms with Crippen molar-refractivity contribution in [3.8, 4) is 11.5 Å². The van der Waals surface area contributed by atoms with Gasteiger partial charge in [-0.25, -0.2) is 15.0 Å². The van der Waals surface area contributed by atoms with Crippen LogP contribution in [0.5, 0.6) is 11.5 Å². The molecule has 3 aliphatic rings. The molecule has 2 aromatic carbocycles. The highest BCUT2D eigenvalue weighted by atomic mass is 16.7. The number of aliphatic hydroxyl groups excluding tert-OH is 1. The zero-order valence-corrected chi connectivity index (χ0v) is 49.6. The summed E-state index contributed by atoms with van der Waals surface area (Å²) in [5.41, 5.74) is 1.07. The van der Waals surface area contributed by atoms with Crippen LogP contribution in [0.3, 0.4) is 0 Å². The number of nitrogens with zero attached hydrogens (tertiary/aromatic N) is 2. The van der Waals surface area contributed by atoms with Crippen LogP contribution in [0.4, 0.5) is 9.59 Å². The monoisotopic (exact) mass is 1130 g/mol. The summed E-state index contributed by atoms with van der Waals surface area (Å²) < 4.78 is 61.6. The van der Waals surface area contributed by atoms with Gasteiger partial charge in [-0.2, -0.15) is 0 Å². The Labute approximate surface area is 472 Å². The molecule has 0 bridgehead atoms. The van der Waals surface area contributed by atoms with E-state index in [1.165, 1.54) is 40.4 Å². The van der Waals surface area contributed by atoms with E-state index in [1.54, 1.807) is 59.7 Å². The lowest BCUT2D eigenvalue weighted by Gasteiger charge is -2.49. The summed E-state index contributed by atoms with van der Waals surface area (Å²) >= 11 is 0.